The molecule has 0 amide bonds. The average molecular weight is 1540 g/mol. The summed E-state index contributed by atoms with van der Waals surface area (Å²) in [4.78, 5) is 73.1. The Hall–Kier alpha value is -1.94. The van der Waals surface area contributed by atoms with Gasteiger partial charge in [0.15, 0.2) is 12.2 Å². The molecule has 0 bridgehead atoms. The lowest BCUT2D eigenvalue weighted by atomic mass is 9.99. The second-order valence-electron chi connectivity index (χ2n) is 31.9. The summed E-state index contributed by atoms with van der Waals surface area (Å²) in [5.41, 5.74) is 0. The van der Waals surface area contributed by atoms with Gasteiger partial charge in [0.2, 0.25) is 0 Å². The Morgan fingerprint density at radius 1 is 0.276 bits per heavy atom. The normalized spacial score (nSPS) is 14.4. The lowest BCUT2D eigenvalue weighted by molar-refractivity contribution is -0.161. The number of phosphoric acid groups is 2. The molecule has 0 aromatic rings. The summed E-state index contributed by atoms with van der Waals surface area (Å²) in [5, 5.41) is 10.7. The molecule has 7 atom stereocenters. The summed E-state index contributed by atoms with van der Waals surface area (Å²) in [6.45, 7) is 11.9. The Morgan fingerprint density at radius 2 is 0.486 bits per heavy atom. The molecule has 0 heterocycles. The van der Waals surface area contributed by atoms with Crippen LogP contribution >= 0.6 is 15.6 Å². The van der Waals surface area contributed by atoms with E-state index in [1.54, 1.807) is 0 Å². The zero-order valence-electron chi connectivity index (χ0n) is 69.2. The third-order valence-corrected chi connectivity index (χ3v) is 22.8. The molecule has 0 aliphatic heterocycles. The minimum atomic E-state index is -4.97. The van der Waals surface area contributed by atoms with Crippen molar-refractivity contribution in [3.63, 3.8) is 0 Å². The van der Waals surface area contributed by atoms with Crippen LogP contribution in [-0.4, -0.2) is 96.7 Å². The van der Waals surface area contributed by atoms with Gasteiger partial charge in [-0.15, -0.1) is 0 Å². The fourth-order valence-electron chi connectivity index (χ4n) is 13.3. The van der Waals surface area contributed by atoms with Gasteiger partial charge in [0.1, 0.15) is 19.3 Å². The zero-order chi connectivity index (χ0) is 77.2. The van der Waals surface area contributed by atoms with Crippen LogP contribution in [0.25, 0.3) is 0 Å². The number of unbranched alkanes of at least 4 members (excludes halogenated alkanes) is 50. The van der Waals surface area contributed by atoms with Gasteiger partial charge < -0.3 is 33.8 Å². The van der Waals surface area contributed by atoms with Crippen molar-refractivity contribution >= 4 is 39.5 Å². The van der Waals surface area contributed by atoms with Gasteiger partial charge in [0.25, 0.3) is 0 Å². The number of carbonyl (C=O) groups excluding carboxylic acids is 4. The maximum Gasteiger partial charge on any atom is 0.472 e. The van der Waals surface area contributed by atoms with E-state index in [-0.39, 0.29) is 25.7 Å². The highest BCUT2D eigenvalue weighted by Crippen LogP contribution is 2.45. The monoisotopic (exact) mass is 1540 g/mol. The minimum Gasteiger partial charge on any atom is -0.462 e. The molecular weight excluding hydrogens is 1370 g/mol. The summed E-state index contributed by atoms with van der Waals surface area (Å²) in [7, 11) is -9.92. The van der Waals surface area contributed by atoms with Crippen molar-refractivity contribution in [2.45, 2.75) is 471 Å². The van der Waals surface area contributed by atoms with Crippen LogP contribution in [0.5, 0.6) is 0 Å². The second-order valence-corrected chi connectivity index (χ2v) is 34.8. The molecule has 0 aliphatic rings. The lowest BCUT2D eigenvalue weighted by Crippen LogP contribution is -2.30. The SMILES string of the molecule is CCCCCCCCCCCCCCCCCCCCCCCCC(=O)OC[C@H](COP(=O)(O)OC[C@@H](O)COP(=O)(O)OC[C@@H](COC(=O)CCCCCCCCC(C)C)OC(=O)CCCCCCCCCCC(C)CC)OC(=O)CCCCCCCCCCCCCCCCCCCCC(C)CC. The Bertz CT molecular complexity index is 2030. The van der Waals surface area contributed by atoms with Gasteiger partial charge in [0.05, 0.1) is 26.4 Å². The highest BCUT2D eigenvalue weighted by molar-refractivity contribution is 7.47. The molecule has 0 radical (unpaired) electrons. The molecule has 0 aromatic heterocycles. The quantitative estimate of drug-likeness (QED) is 0.0222. The molecule has 0 saturated heterocycles. The highest BCUT2D eigenvalue weighted by atomic mass is 31.2. The average Bonchev–Trinajstić information content (AvgIpc) is 0.905. The third kappa shape index (κ3) is 77.2. The number of aliphatic hydroxyl groups is 1. The van der Waals surface area contributed by atoms with Crippen molar-refractivity contribution in [1.29, 1.82) is 0 Å². The molecule has 3 N–H and O–H groups in total. The smallest absolute Gasteiger partial charge is 0.462 e. The Labute approximate surface area is 645 Å². The van der Waals surface area contributed by atoms with Crippen LogP contribution in [0, 0.1) is 17.8 Å². The van der Waals surface area contributed by atoms with E-state index < -0.39 is 97.5 Å². The fourth-order valence-corrected chi connectivity index (χ4v) is 14.9. The fraction of sp³-hybridized carbons (Fsp3) is 0.953. The molecule has 0 aromatic carbocycles. The van der Waals surface area contributed by atoms with Crippen molar-refractivity contribution in [3.05, 3.63) is 0 Å². The van der Waals surface area contributed by atoms with Crippen molar-refractivity contribution < 1.29 is 80.2 Å². The number of phosphoric ester groups is 2. The molecule has 0 saturated carbocycles. The number of rotatable bonds is 84. The molecule has 0 rings (SSSR count). The van der Waals surface area contributed by atoms with Crippen LogP contribution < -0.4 is 0 Å². The van der Waals surface area contributed by atoms with Crippen molar-refractivity contribution in [2.24, 2.45) is 17.8 Å². The van der Waals surface area contributed by atoms with E-state index in [1.165, 1.54) is 257 Å². The summed E-state index contributed by atoms with van der Waals surface area (Å²) in [5.74, 6) is 0.208. The first-order valence-corrected chi connectivity index (χ1v) is 47.4. The van der Waals surface area contributed by atoms with E-state index >= 15 is 0 Å². The zero-order valence-corrected chi connectivity index (χ0v) is 71.0. The summed E-state index contributed by atoms with van der Waals surface area (Å²) in [6, 6.07) is 0. The molecule has 0 aliphatic carbocycles. The van der Waals surface area contributed by atoms with Crippen molar-refractivity contribution in [3.8, 4) is 0 Å². The Balaban J connectivity index is 5.18. The summed E-state index contributed by atoms with van der Waals surface area (Å²) >= 11 is 0. The van der Waals surface area contributed by atoms with E-state index in [2.05, 4.69) is 48.5 Å². The molecule has 105 heavy (non-hydrogen) atoms. The first kappa shape index (κ1) is 103. The van der Waals surface area contributed by atoms with Crippen LogP contribution in [-0.2, 0) is 65.4 Å². The Kier molecular flexibility index (Phi) is 74.7. The van der Waals surface area contributed by atoms with Crippen LogP contribution in [0.1, 0.15) is 453 Å². The van der Waals surface area contributed by atoms with Gasteiger partial charge in [0, 0.05) is 25.7 Å². The number of ether oxygens (including phenoxy) is 4. The van der Waals surface area contributed by atoms with Crippen molar-refractivity contribution in [1.82, 2.24) is 0 Å². The standard InChI is InChI=1S/C86H168O17P2/c1-8-11-12-13-14-15-16-17-18-19-20-21-22-23-27-30-33-36-39-45-53-60-67-83(88)96-73-81(102-85(90)69-62-55-46-40-37-34-31-28-25-24-26-29-32-35-38-43-51-58-65-78(6)9-2)75-100-104(92,93)98-71-80(87)72-99-105(94,95)101-76-82(74-97-84(89)68-61-54-49-48-50-57-64-77(4)5)103-86(91)70-63-56-47-42-41-44-52-59-66-79(7)10-3/h77-82,87H,8-76H2,1-7H3,(H,92,93)(H,94,95)/t78?,79?,80-,81-,82-/m1/s1. The molecule has 0 spiro atoms. The van der Waals surface area contributed by atoms with Gasteiger partial charge in [-0.1, -0.05) is 402 Å². The van der Waals surface area contributed by atoms with Gasteiger partial charge >= 0.3 is 39.5 Å². The maximum absolute atomic E-state index is 13.1. The maximum atomic E-state index is 13.1. The number of carbonyl (C=O) groups is 4. The summed E-state index contributed by atoms with van der Waals surface area (Å²) < 4.78 is 68.8. The lowest BCUT2D eigenvalue weighted by Gasteiger charge is -2.21. The topological polar surface area (TPSA) is 237 Å². The molecular formula is C86H168O17P2. The Morgan fingerprint density at radius 3 is 0.724 bits per heavy atom. The molecule has 17 nitrogen and oxygen atoms in total. The van der Waals surface area contributed by atoms with E-state index in [0.29, 0.717) is 31.6 Å². The van der Waals surface area contributed by atoms with Crippen LogP contribution in [0.2, 0.25) is 0 Å². The first-order chi connectivity index (χ1) is 50.8. The first-order valence-electron chi connectivity index (χ1n) is 44.4. The van der Waals surface area contributed by atoms with Crippen LogP contribution in [0.15, 0.2) is 0 Å². The molecule has 624 valence electrons. The highest BCUT2D eigenvalue weighted by Gasteiger charge is 2.30. The predicted molar refractivity (Wildman–Crippen MR) is 432 cm³/mol. The van der Waals surface area contributed by atoms with Crippen LogP contribution in [0.4, 0.5) is 0 Å². The van der Waals surface area contributed by atoms with Gasteiger partial charge in [-0.25, -0.2) is 9.13 Å². The second kappa shape index (κ2) is 76.1. The van der Waals surface area contributed by atoms with E-state index in [4.69, 9.17) is 37.0 Å². The van der Waals surface area contributed by atoms with E-state index in [0.717, 1.165) is 108 Å². The van der Waals surface area contributed by atoms with E-state index in [9.17, 15) is 43.2 Å². The minimum absolute atomic E-state index is 0.104. The largest absolute Gasteiger partial charge is 0.472 e. The molecule has 4 unspecified atom stereocenters. The summed E-state index contributed by atoms with van der Waals surface area (Å²) in [6.07, 6.45) is 67.0. The predicted octanol–water partition coefficient (Wildman–Crippen LogP) is 26.1. The number of hydrogen-bond donors (Lipinski definition) is 3. The number of hydrogen-bond acceptors (Lipinski definition) is 15. The number of aliphatic hydroxyl groups excluding tert-OH is 1. The third-order valence-electron chi connectivity index (χ3n) is 20.9. The van der Waals surface area contributed by atoms with Gasteiger partial charge in [-0.2, -0.15) is 0 Å². The van der Waals surface area contributed by atoms with Gasteiger partial charge in [-0.3, -0.25) is 37.3 Å². The van der Waals surface area contributed by atoms with Gasteiger partial charge in [-0.05, 0) is 43.4 Å². The molecule has 0 fully saturated rings. The van der Waals surface area contributed by atoms with Crippen molar-refractivity contribution in [2.75, 3.05) is 39.6 Å². The molecule has 19 heteroatoms. The number of esters is 4. The van der Waals surface area contributed by atoms with Crippen LogP contribution in [0.3, 0.4) is 0 Å². The van der Waals surface area contributed by atoms with E-state index in [1.807, 2.05) is 0 Å².